The van der Waals surface area contributed by atoms with Crippen molar-refractivity contribution in [2.75, 3.05) is 32.3 Å². The lowest BCUT2D eigenvalue weighted by atomic mass is 9.80. The first kappa shape index (κ1) is 53.1. The predicted octanol–water partition coefficient (Wildman–Crippen LogP) is 6.01. The summed E-state index contributed by atoms with van der Waals surface area (Å²) in [5, 5.41) is 3.01. The van der Waals surface area contributed by atoms with Crippen LogP contribution in [-0.2, 0) is 91.2 Å². The second kappa shape index (κ2) is 26.7. The van der Waals surface area contributed by atoms with E-state index in [0.29, 0.717) is 12.2 Å². The van der Waals surface area contributed by atoms with Gasteiger partial charge in [0.05, 0.1) is 51.6 Å². The highest BCUT2D eigenvalue weighted by Crippen LogP contribution is 2.39. The van der Waals surface area contributed by atoms with E-state index in [9.17, 15) is 26.4 Å². The van der Waals surface area contributed by atoms with E-state index in [1.807, 2.05) is 66.7 Å². The second-order valence-corrected chi connectivity index (χ2v) is 20.1. The van der Waals surface area contributed by atoms with Gasteiger partial charge >= 0.3 is 5.97 Å². The third-order valence-electron chi connectivity index (χ3n) is 11.2. The van der Waals surface area contributed by atoms with Crippen LogP contribution in [0.25, 0.3) is 0 Å². The van der Waals surface area contributed by atoms with Gasteiger partial charge in [-0.1, -0.05) is 130 Å². The number of esters is 1. The number of unbranched alkanes of at least 4 members (excludes halogenated alkanes) is 5. The molecule has 1 aliphatic heterocycles. The van der Waals surface area contributed by atoms with Crippen molar-refractivity contribution >= 4 is 32.1 Å². The van der Waals surface area contributed by atoms with Crippen molar-refractivity contribution in [3.05, 3.63) is 108 Å². The van der Waals surface area contributed by atoms with Crippen LogP contribution in [0.15, 0.2) is 91.0 Å². The van der Waals surface area contributed by atoms with Crippen LogP contribution >= 0.6 is 0 Å². The number of nitrogens with one attached hydrogen (secondary N) is 1. The molecule has 3 aromatic rings. The van der Waals surface area contributed by atoms with Gasteiger partial charge in [0.2, 0.25) is 5.91 Å². The van der Waals surface area contributed by atoms with Crippen LogP contribution in [0.2, 0.25) is 0 Å². The zero-order valence-electron chi connectivity index (χ0n) is 38.6. The Hall–Kier alpha value is -3.82. The maximum atomic E-state index is 13.1. The van der Waals surface area contributed by atoms with Gasteiger partial charge in [0.1, 0.15) is 36.6 Å². The lowest BCUT2D eigenvalue weighted by molar-refractivity contribution is -0.306. The molecular formula is C48H67NO15S2. The first-order chi connectivity index (χ1) is 31.6. The molecule has 1 saturated heterocycles. The van der Waals surface area contributed by atoms with Crippen molar-refractivity contribution in [1.29, 1.82) is 0 Å². The summed E-state index contributed by atoms with van der Waals surface area (Å²) in [6.07, 6.45) is -1.56. The third-order valence-corrected chi connectivity index (χ3v) is 12.3. The van der Waals surface area contributed by atoms with Crippen LogP contribution in [0.1, 0.15) is 82.4 Å². The zero-order valence-corrected chi connectivity index (χ0v) is 40.2. The molecule has 1 heterocycles. The molecular weight excluding hydrogens is 895 g/mol. The maximum Gasteiger partial charge on any atom is 0.303 e. The van der Waals surface area contributed by atoms with Crippen LogP contribution in [0.5, 0.6) is 0 Å². The van der Waals surface area contributed by atoms with Crippen molar-refractivity contribution in [3.8, 4) is 0 Å². The molecule has 1 amide bonds. The van der Waals surface area contributed by atoms with Crippen LogP contribution in [0, 0.1) is 5.92 Å². The summed E-state index contributed by atoms with van der Waals surface area (Å²) >= 11 is 0. The largest absolute Gasteiger partial charge is 0.457 e. The van der Waals surface area contributed by atoms with Crippen molar-refractivity contribution in [3.63, 3.8) is 0 Å². The molecule has 0 aromatic heterocycles. The first-order valence-electron chi connectivity index (χ1n) is 22.6. The fourth-order valence-electron chi connectivity index (χ4n) is 8.21. The Balaban J connectivity index is 1.58. The molecule has 1 aliphatic carbocycles. The molecule has 0 radical (unpaired) electrons. The highest BCUT2D eigenvalue weighted by atomic mass is 32.2. The van der Waals surface area contributed by atoms with E-state index in [4.69, 9.17) is 41.5 Å². The smallest absolute Gasteiger partial charge is 0.303 e. The van der Waals surface area contributed by atoms with E-state index >= 15 is 0 Å². The van der Waals surface area contributed by atoms with Crippen molar-refractivity contribution < 1.29 is 67.9 Å². The van der Waals surface area contributed by atoms with Crippen LogP contribution < -0.4 is 5.32 Å². The third kappa shape index (κ3) is 18.0. The molecule has 3 aromatic carbocycles. The van der Waals surface area contributed by atoms with Gasteiger partial charge in [-0.3, -0.25) is 18.0 Å². The minimum Gasteiger partial charge on any atom is -0.457 e. The first-order valence-corrected chi connectivity index (χ1v) is 26.3. The lowest BCUT2D eigenvalue weighted by Crippen LogP contribution is -2.68. The average Bonchev–Trinajstić information content (AvgIpc) is 3.27. The van der Waals surface area contributed by atoms with E-state index in [-0.39, 0.29) is 38.8 Å². The lowest BCUT2D eigenvalue weighted by Gasteiger charge is -2.50. The Labute approximate surface area is 390 Å². The monoisotopic (exact) mass is 961 g/mol. The molecule has 16 nitrogen and oxygen atoms in total. The number of amides is 1. The minimum absolute atomic E-state index is 0.0479. The Morgan fingerprint density at radius 3 is 1.76 bits per heavy atom. The van der Waals surface area contributed by atoms with E-state index in [1.165, 1.54) is 13.8 Å². The van der Waals surface area contributed by atoms with E-state index in [0.717, 1.165) is 62.2 Å². The summed E-state index contributed by atoms with van der Waals surface area (Å²) in [5.41, 5.74) is 2.44. The molecule has 0 spiro atoms. The second-order valence-electron chi connectivity index (χ2n) is 16.9. The number of ether oxygens (including phenoxy) is 7. The molecule has 18 heteroatoms. The highest BCUT2D eigenvalue weighted by Gasteiger charge is 2.55. The number of carbonyl (C=O) groups is 2. The summed E-state index contributed by atoms with van der Waals surface area (Å²) < 4.78 is 108. The fraction of sp³-hybridized carbons (Fsp3) is 0.583. The number of hydrogen-bond donors (Lipinski definition) is 1. The van der Waals surface area contributed by atoms with Crippen molar-refractivity contribution in [2.45, 2.75) is 141 Å². The summed E-state index contributed by atoms with van der Waals surface area (Å²) in [5.74, 6) is -2.14. The molecule has 0 bridgehead atoms. The Morgan fingerprint density at radius 2 is 1.21 bits per heavy atom. The summed E-state index contributed by atoms with van der Waals surface area (Å²) in [6.45, 7) is 4.72. The number of hydrogen-bond acceptors (Lipinski definition) is 15. The Bertz CT molecular complexity index is 2110. The van der Waals surface area contributed by atoms with Crippen molar-refractivity contribution in [1.82, 2.24) is 5.32 Å². The van der Waals surface area contributed by atoms with Gasteiger partial charge in [0.25, 0.3) is 20.2 Å². The molecule has 2 fully saturated rings. The number of benzene rings is 3. The zero-order chi connectivity index (χ0) is 47.5. The molecule has 366 valence electrons. The van der Waals surface area contributed by atoms with Gasteiger partial charge in [0.15, 0.2) is 12.4 Å². The van der Waals surface area contributed by atoms with Crippen LogP contribution in [-0.4, -0.2) is 116 Å². The highest BCUT2D eigenvalue weighted by molar-refractivity contribution is 7.86. The van der Waals surface area contributed by atoms with Crippen LogP contribution in [0.3, 0.4) is 0 Å². The van der Waals surface area contributed by atoms with Crippen LogP contribution in [0.4, 0.5) is 0 Å². The number of carbonyl (C=O) groups excluding carboxylic acids is 2. The molecule has 66 heavy (non-hydrogen) atoms. The molecule has 2 aliphatic rings. The molecule has 1 saturated carbocycles. The SMILES string of the molecule is CCCCCCCCO[C@@H]1O[C@H](COCc2ccccc2)[C@@H](O[C@@H]2C[C@H](COS(C)(=O)=O)[C@@H](OS(C)(=O)=O)[C@H](OCc3ccccc3)[C@H]2OC(C)=O)[C@H](OCc2ccccc2)[C@H]1NC(C)=O. The minimum atomic E-state index is -4.23. The predicted molar refractivity (Wildman–Crippen MR) is 245 cm³/mol. The molecule has 5 rings (SSSR count). The Kier molecular flexibility index (Phi) is 21.5. The normalized spacial score (nSPS) is 25.8. The van der Waals surface area contributed by atoms with E-state index in [2.05, 4.69) is 12.2 Å². The Morgan fingerprint density at radius 1 is 0.652 bits per heavy atom. The van der Waals surface area contributed by atoms with Gasteiger partial charge in [-0.25, -0.2) is 0 Å². The average molecular weight is 962 g/mol. The summed E-state index contributed by atoms with van der Waals surface area (Å²) in [7, 11) is -8.27. The van der Waals surface area contributed by atoms with Gasteiger partial charge in [-0.15, -0.1) is 0 Å². The van der Waals surface area contributed by atoms with E-state index < -0.39 is 93.8 Å². The van der Waals surface area contributed by atoms with Gasteiger partial charge in [-0.2, -0.15) is 16.8 Å². The quantitative estimate of drug-likeness (QED) is 0.0530. The summed E-state index contributed by atoms with van der Waals surface area (Å²) in [6, 6.07) is 27.1. The van der Waals surface area contributed by atoms with E-state index in [1.54, 1.807) is 24.3 Å². The fourth-order valence-corrected chi connectivity index (χ4v) is 9.31. The molecule has 0 unspecified atom stereocenters. The van der Waals surface area contributed by atoms with Gasteiger partial charge < -0.3 is 38.5 Å². The maximum absolute atomic E-state index is 13.1. The van der Waals surface area contributed by atoms with Gasteiger partial charge in [0, 0.05) is 26.4 Å². The van der Waals surface area contributed by atoms with Gasteiger partial charge in [-0.05, 0) is 29.5 Å². The standard InChI is InChI=1S/C48H67NO15S2/c1-6-7-8-9-10-20-27-57-48-42(49-34(2)50)46(58-30-37-23-16-12-17-24-37)45(41(63-48)33-56-29-36-21-14-11-15-22-36)62-40-28-39(32-60-65(4,52)53)43(64-66(5,54)55)47(44(40)61-35(3)51)59-31-38-25-18-13-19-26-38/h11-19,21-26,39-48H,6-10,20,27-33H2,1-5H3,(H,49,50)/t39-,40-,41-,42-,43-,44+,45-,46-,47+,48-/m1/s1. The number of rotatable bonds is 27. The molecule has 1 N–H and O–H groups in total. The molecule has 10 atom stereocenters. The topological polar surface area (TPSA) is 198 Å². The summed E-state index contributed by atoms with van der Waals surface area (Å²) in [4.78, 5) is 26.1. The van der Waals surface area contributed by atoms with Crippen molar-refractivity contribution in [2.24, 2.45) is 5.92 Å².